The van der Waals surface area contributed by atoms with Crippen LogP contribution in [0.5, 0.6) is 0 Å². The fraction of sp³-hybridized carbons (Fsp3) is 0.292. The van der Waals surface area contributed by atoms with E-state index in [1.807, 2.05) is 62.1 Å². The Balaban J connectivity index is 1.48. The van der Waals surface area contributed by atoms with Crippen molar-refractivity contribution in [2.24, 2.45) is 0 Å². The summed E-state index contributed by atoms with van der Waals surface area (Å²) in [5.74, 6) is 0.126. The number of hydrogen-bond donors (Lipinski definition) is 1. The van der Waals surface area contributed by atoms with Crippen LogP contribution in [0.2, 0.25) is 0 Å². The highest BCUT2D eigenvalue weighted by atomic mass is 32.2. The van der Waals surface area contributed by atoms with Crippen molar-refractivity contribution in [3.05, 3.63) is 69.1 Å². The maximum Gasteiger partial charge on any atom is 0.263 e. The van der Waals surface area contributed by atoms with Gasteiger partial charge in [0.25, 0.3) is 5.56 Å². The van der Waals surface area contributed by atoms with E-state index >= 15 is 0 Å². The molecule has 1 aromatic carbocycles. The number of benzene rings is 1. The third-order valence-corrected chi connectivity index (χ3v) is 8.15. The third-order valence-electron chi connectivity index (χ3n) is 5.39. The van der Waals surface area contributed by atoms with Crippen molar-refractivity contribution in [1.29, 1.82) is 0 Å². The number of carbonyl (C=O) groups is 1. The second kappa shape index (κ2) is 10.6. The van der Waals surface area contributed by atoms with Crippen molar-refractivity contribution >= 4 is 50.6 Å². The Bertz CT molecular complexity index is 1280. The van der Waals surface area contributed by atoms with Crippen LogP contribution in [0, 0.1) is 0 Å². The number of fused-ring (bicyclic) bond motifs is 1. The van der Waals surface area contributed by atoms with Crippen molar-refractivity contribution in [3.63, 3.8) is 0 Å². The van der Waals surface area contributed by atoms with E-state index in [0.717, 1.165) is 16.0 Å². The summed E-state index contributed by atoms with van der Waals surface area (Å²) < 4.78 is 1.66. The number of thiophene rings is 2. The molecule has 0 saturated carbocycles. The smallest absolute Gasteiger partial charge is 0.263 e. The van der Waals surface area contributed by atoms with E-state index in [2.05, 4.69) is 22.3 Å². The number of nitrogens with zero attached hydrogens (tertiary/aromatic N) is 3. The molecule has 0 aliphatic rings. The average Bonchev–Trinajstić information content (AvgIpc) is 3.48. The number of thioether (sulfide) groups is 1. The lowest BCUT2D eigenvalue weighted by Crippen LogP contribution is -2.35. The number of aromatic nitrogens is 2. The van der Waals surface area contributed by atoms with Crippen LogP contribution >= 0.6 is 34.4 Å². The standard InChI is InChI=1S/C24H26N4O2S3/c1-4-28-23(30)21-17(19-11-8-12-31-19)14-32-22(21)26-24(28)33-15-20(29)25-13-18(27(2)3)16-9-6-5-7-10-16/h5-12,14,18H,4,13,15H2,1-3H3,(H,25,29)/t18-/m0/s1. The first-order chi connectivity index (χ1) is 16.0. The highest BCUT2D eigenvalue weighted by Gasteiger charge is 2.19. The Morgan fingerprint density at radius 2 is 1.97 bits per heavy atom. The molecule has 1 N–H and O–H groups in total. The molecular formula is C24H26N4O2S3. The molecule has 0 bridgehead atoms. The molecule has 1 atom stereocenters. The molecule has 1 amide bonds. The maximum atomic E-state index is 13.3. The Kier molecular flexibility index (Phi) is 7.64. The monoisotopic (exact) mass is 498 g/mol. The van der Waals surface area contributed by atoms with Crippen LogP contribution in [-0.4, -0.2) is 46.8 Å². The van der Waals surface area contributed by atoms with E-state index in [9.17, 15) is 9.59 Å². The zero-order valence-corrected chi connectivity index (χ0v) is 21.2. The molecule has 33 heavy (non-hydrogen) atoms. The molecule has 172 valence electrons. The second-order valence-corrected chi connectivity index (χ2v) is 10.5. The summed E-state index contributed by atoms with van der Waals surface area (Å²) >= 11 is 4.39. The number of likely N-dealkylation sites (N-methyl/N-ethyl adjacent to an activating group) is 1. The number of amides is 1. The van der Waals surface area contributed by atoms with Gasteiger partial charge in [0, 0.05) is 28.9 Å². The van der Waals surface area contributed by atoms with Gasteiger partial charge < -0.3 is 10.2 Å². The summed E-state index contributed by atoms with van der Waals surface area (Å²) in [5.41, 5.74) is 2.04. The molecule has 6 nitrogen and oxygen atoms in total. The Hall–Kier alpha value is -2.46. The SMILES string of the molecule is CCn1c(SCC(=O)NC[C@@H](c2ccccc2)N(C)C)nc2scc(-c3cccs3)c2c1=O. The largest absolute Gasteiger partial charge is 0.353 e. The average molecular weight is 499 g/mol. The van der Waals surface area contributed by atoms with E-state index in [-0.39, 0.29) is 23.3 Å². The van der Waals surface area contributed by atoms with Gasteiger partial charge in [-0.05, 0) is 38.0 Å². The number of nitrogens with one attached hydrogen (secondary N) is 1. The number of carbonyl (C=O) groups excluding carboxylic acids is 1. The molecule has 3 aromatic heterocycles. The highest BCUT2D eigenvalue weighted by molar-refractivity contribution is 7.99. The molecule has 0 radical (unpaired) electrons. The predicted molar refractivity (Wildman–Crippen MR) is 139 cm³/mol. The van der Waals surface area contributed by atoms with E-state index in [1.54, 1.807) is 15.9 Å². The summed E-state index contributed by atoms with van der Waals surface area (Å²) in [6.07, 6.45) is 0. The van der Waals surface area contributed by atoms with E-state index < -0.39 is 0 Å². The van der Waals surface area contributed by atoms with Crippen LogP contribution in [-0.2, 0) is 11.3 Å². The van der Waals surface area contributed by atoms with Crippen molar-refractivity contribution in [1.82, 2.24) is 19.8 Å². The van der Waals surface area contributed by atoms with Crippen molar-refractivity contribution in [2.75, 3.05) is 26.4 Å². The van der Waals surface area contributed by atoms with Crippen LogP contribution in [0.15, 0.2) is 63.2 Å². The van der Waals surface area contributed by atoms with Crippen LogP contribution in [0.25, 0.3) is 20.7 Å². The summed E-state index contributed by atoms with van der Waals surface area (Å²) in [5, 5.41) is 8.28. The second-order valence-electron chi connectivity index (χ2n) is 7.73. The van der Waals surface area contributed by atoms with Gasteiger partial charge in [0.2, 0.25) is 5.91 Å². The fourth-order valence-electron chi connectivity index (χ4n) is 3.67. The first-order valence-corrected chi connectivity index (χ1v) is 13.4. The van der Waals surface area contributed by atoms with Crippen LogP contribution in [0.3, 0.4) is 0 Å². The van der Waals surface area contributed by atoms with Gasteiger partial charge in [-0.3, -0.25) is 14.2 Å². The molecule has 3 heterocycles. The van der Waals surface area contributed by atoms with Crippen LogP contribution < -0.4 is 10.9 Å². The van der Waals surface area contributed by atoms with Crippen LogP contribution in [0.1, 0.15) is 18.5 Å². The quantitative estimate of drug-likeness (QED) is 0.267. The maximum absolute atomic E-state index is 13.3. The minimum absolute atomic E-state index is 0.0493. The zero-order chi connectivity index (χ0) is 23.4. The van der Waals surface area contributed by atoms with Crippen LogP contribution in [0.4, 0.5) is 0 Å². The van der Waals surface area contributed by atoms with E-state index in [4.69, 9.17) is 4.98 Å². The Morgan fingerprint density at radius 3 is 2.64 bits per heavy atom. The normalized spacial score (nSPS) is 12.4. The van der Waals surface area contributed by atoms with Crippen molar-refractivity contribution < 1.29 is 4.79 Å². The minimum atomic E-state index is -0.0785. The lowest BCUT2D eigenvalue weighted by atomic mass is 10.1. The number of rotatable bonds is 9. The van der Waals surface area contributed by atoms with Gasteiger partial charge in [-0.25, -0.2) is 4.98 Å². The first-order valence-electron chi connectivity index (χ1n) is 10.7. The van der Waals surface area contributed by atoms with Gasteiger partial charge in [0.15, 0.2) is 5.16 Å². The first kappa shape index (κ1) is 23.7. The molecule has 0 aliphatic carbocycles. The molecule has 4 aromatic rings. The zero-order valence-electron chi connectivity index (χ0n) is 18.8. The topological polar surface area (TPSA) is 67.2 Å². The van der Waals surface area contributed by atoms with E-state index in [1.165, 1.54) is 23.1 Å². The van der Waals surface area contributed by atoms with Gasteiger partial charge in [0.05, 0.1) is 17.2 Å². The summed E-state index contributed by atoms with van der Waals surface area (Å²) in [7, 11) is 4.01. The Labute approximate surface area is 205 Å². The van der Waals surface area contributed by atoms with E-state index in [0.29, 0.717) is 28.5 Å². The van der Waals surface area contributed by atoms with Crippen molar-refractivity contribution in [3.8, 4) is 10.4 Å². The lowest BCUT2D eigenvalue weighted by Gasteiger charge is -2.25. The predicted octanol–water partition coefficient (Wildman–Crippen LogP) is 4.72. The molecule has 0 fully saturated rings. The van der Waals surface area contributed by atoms with Gasteiger partial charge in [0.1, 0.15) is 4.83 Å². The summed E-state index contributed by atoms with van der Waals surface area (Å²) in [4.78, 5) is 34.5. The highest BCUT2D eigenvalue weighted by Crippen LogP contribution is 2.34. The number of hydrogen-bond acceptors (Lipinski definition) is 7. The molecule has 0 saturated heterocycles. The van der Waals surface area contributed by atoms with Gasteiger partial charge >= 0.3 is 0 Å². The molecular weight excluding hydrogens is 472 g/mol. The van der Waals surface area contributed by atoms with Gasteiger partial charge in [-0.15, -0.1) is 22.7 Å². The molecule has 0 aliphatic heterocycles. The molecule has 0 spiro atoms. The fourth-order valence-corrected chi connectivity index (χ4v) is 6.37. The molecule has 4 rings (SSSR count). The molecule has 0 unspecified atom stereocenters. The summed E-state index contributed by atoms with van der Waals surface area (Å²) in [6.45, 7) is 2.94. The Morgan fingerprint density at radius 1 is 1.18 bits per heavy atom. The minimum Gasteiger partial charge on any atom is -0.353 e. The third kappa shape index (κ3) is 5.22. The van der Waals surface area contributed by atoms with Gasteiger partial charge in [-0.2, -0.15) is 0 Å². The lowest BCUT2D eigenvalue weighted by molar-refractivity contribution is -0.118. The molecule has 9 heteroatoms. The summed E-state index contributed by atoms with van der Waals surface area (Å²) in [6, 6.07) is 14.2. The van der Waals surface area contributed by atoms with Crippen molar-refractivity contribution in [2.45, 2.75) is 24.7 Å². The van der Waals surface area contributed by atoms with Gasteiger partial charge in [-0.1, -0.05) is 48.2 Å².